The normalized spacial score (nSPS) is 11.8. The van der Waals surface area contributed by atoms with Gasteiger partial charge in [0.1, 0.15) is 17.7 Å². The Balaban J connectivity index is 1.56. The minimum absolute atomic E-state index is 0.0134. The summed E-state index contributed by atoms with van der Waals surface area (Å²) < 4.78 is 15.1. The van der Waals surface area contributed by atoms with Crippen LogP contribution in [0.5, 0.6) is 0 Å². The number of nitrogens with zero attached hydrogens (tertiary/aromatic N) is 2. The van der Waals surface area contributed by atoms with Gasteiger partial charge < -0.3 is 15.2 Å². The summed E-state index contributed by atoms with van der Waals surface area (Å²) in [6, 6.07) is 14.4. The largest absolute Gasteiger partial charge is 0.337 e. The second-order valence-electron chi connectivity index (χ2n) is 7.41. The number of halogens is 2. The summed E-state index contributed by atoms with van der Waals surface area (Å²) in [5.41, 5.74) is 1.76. The Morgan fingerprint density at radius 3 is 2.55 bits per heavy atom. The number of carbonyl (C=O) groups excluding carboxylic acids is 2. The van der Waals surface area contributed by atoms with Crippen molar-refractivity contribution in [3.63, 3.8) is 0 Å². The third-order valence-electron chi connectivity index (χ3n) is 5.06. The first-order chi connectivity index (χ1) is 15.8. The van der Waals surface area contributed by atoms with Crippen LogP contribution in [0.1, 0.15) is 43.0 Å². The molecule has 1 unspecified atom stereocenters. The lowest BCUT2D eigenvalue weighted by Gasteiger charge is -2.19. The van der Waals surface area contributed by atoms with Gasteiger partial charge in [0.2, 0.25) is 0 Å². The molecule has 6 nitrogen and oxygen atoms in total. The number of imidazole rings is 1. The Hall–Kier alpha value is -3.49. The summed E-state index contributed by atoms with van der Waals surface area (Å²) in [7, 11) is 1.87. The number of amides is 2. The van der Waals surface area contributed by atoms with Crippen LogP contribution in [-0.2, 0) is 7.05 Å². The number of thiophene rings is 1. The molecule has 2 N–H and O–H groups in total. The second-order valence-corrected chi connectivity index (χ2v) is 8.87. The van der Waals surface area contributed by atoms with Gasteiger partial charge in [-0.1, -0.05) is 41.9 Å². The summed E-state index contributed by atoms with van der Waals surface area (Å²) in [6.07, 6.45) is 3.50. The molecule has 2 amide bonds. The van der Waals surface area contributed by atoms with E-state index in [1.54, 1.807) is 19.2 Å². The van der Waals surface area contributed by atoms with Crippen molar-refractivity contribution in [2.75, 3.05) is 5.32 Å². The van der Waals surface area contributed by atoms with Crippen molar-refractivity contribution in [3.05, 3.63) is 105 Å². The third kappa shape index (κ3) is 4.97. The molecule has 0 radical (unpaired) electrons. The highest BCUT2D eigenvalue weighted by Crippen LogP contribution is 2.29. The maximum absolute atomic E-state index is 13.3. The first-order valence-corrected chi connectivity index (χ1v) is 11.2. The van der Waals surface area contributed by atoms with E-state index in [0.29, 0.717) is 21.3 Å². The topological polar surface area (TPSA) is 76.0 Å². The van der Waals surface area contributed by atoms with Crippen molar-refractivity contribution < 1.29 is 14.0 Å². The average molecular weight is 483 g/mol. The second kappa shape index (κ2) is 9.56. The molecule has 168 valence electrons. The minimum Gasteiger partial charge on any atom is -0.337 e. The van der Waals surface area contributed by atoms with E-state index in [9.17, 15) is 14.0 Å². The molecule has 9 heteroatoms. The molecule has 2 heterocycles. The summed E-state index contributed by atoms with van der Waals surface area (Å²) >= 11 is 7.14. The van der Waals surface area contributed by atoms with Crippen molar-refractivity contribution in [1.82, 2.24) is 14.9 Å². The highest BCUT2D eigenvalue weighted by molar-refractivity contribution is 7.18. The van der Waals surface area contributed by atoms with Gasteiger partial charge in [-0.25, -0.2) is 9.37 Å². The number of aromatic nitrogens is 2. The molecule has 0 bridgehead atoms. The molecule has 1 atom stereocenters. The minimum atomic E-state index is -0.525. The van der Waals surface area contributed by atoms with Crippen LogP contribution in [0.3, 0.4) is 0 Å². The molecule has 0 spiro atoms. The zero-order valence-electron chi connectivity index (χ0n) is 17.8. The van der Waals surface area contributed by atoms with Gasteiger partial charge in [0.15, 0.2) is 0 Å². The molecule has 2 aromatic heterocycles. The van der Waals surface area contributed by atoms with Gasteiger partial charge in [-0.15, -0.1) is 11.3 Å². The monoisotopic (exact) mass is 482 g/mol. The molecule has 0 saturated heterocycles. The molecule has 0 saturated carbocycles. The van der Waals surface area contributed by atoms with Crippen molar-refractivity contribution in [3.8, 4) is 0 Å². The fourth-order valence-corrected chi connectivity index (χ4v) is 4.64. The van der Waals surface area contributed by atoms with Crippen molar-refractivity contribution in [2.45, 2.75) is 13.0 Å². The van der Waals surface area contributed by atoms with Crippen molar-refractivity contribution in [1.29, 1.82) is 0 Å². The number of hydrogen-bond acceptors (Lipinski definition) is 4. The van der Waals surface area contributed by atoms with E-state index in [1.807, 2.05) is 48.1 Å². The third-order valence-corrected chi connectivity index (χ3v) is 6.53. The van der Waals surface area contributed by atoms with Gasteiger partial charge in [-0.3, -0.25) is 9.59 Å². The Labute approximate surface area is 199 Å². The maximum atomic E-state index is 13.3. The van der Waals surface area contributed by atoms with Gasteiger partial charge >= 0.3 is 0 Å². The van der Waals surface area contributed by atoms with Crippen LogP contribution in [0.25, 0.3) is 0 Å². The van der Waals surface area contributed by atoms with Gasteiger partial charge in [-0.05, 0) is 42.3 Å². The smallest absolute Gasteiger partial charge is 0.262 e. The lowest BCUT2D eigenvalue weighted by atomic mass is 10.1. The van der Waals surface area contributed by atoms with Crippen LogP contribution in [0, 0.1) is 12.7 Å². The van der Waals surface area contributed by atoms with Gasteiger partial charge in [0, 0.05) is 19.4 Å². The molecule has 0 aliphatic carbocycles. The van der Waals surface area contributed by atoms with Crippen LogP contribution in [0.2, 0.25) is 5.02 Å². The van der Waals surface area contributed by atoms with Crippen LogP contribution in [0.4, 0.5) is 9.39 Å². The van der Waals surface area contributed by atoms with Gasteiger partial charge in [-0.2, -0.15) is 0 Å². The standard InChI is InChI=1S/C24H20ClFN4O2S/c1-14-12-19(28-23(31)17-9-8-16(26)13-18(17)25)33-21(14)24(32)29-20(15-6-4-3-5-7-15)22-27-10-11-30(22)2/h3-13,20H,1-2H3,(H,28,31)(H,29,32). The number of anilines is 1. The van der Waals surface area contributed by atoms with E-state index in [2.05, 4.69) is 15.6 Å². The van der Waals surface area contributed by atoms with E-state index >= 15 is 0 Å². The quantitative estimate of drug-likeness (QED) is 0.388. The molecule has 0 aliphatic rings. The Kier molecular flexibility index (Phi) is 6.57. The fourth-order valence-electron chi connectivity index (χ4n) is 3.42. The predicted octanol–water partition coefficient (Wildman–Crippen LogP) is 5.35. The zero-order chi connectivity index (χ0) is 23.5. The predicted molar refractivity (Wildman–Crippen MR) is 127 cm³/mol. The molecule has 0 aliphatic heterocycles. The molecule has 33 heavy (non-hydrogen) atoms. The summed E-state index contributed by atoms with van der Waals surface area (Å²) in [5.74, 6) is -0.593. The maximum Gasteiger partial charge on any atom is 0.262 e. The Morgan fingerprint density at radius 1 is 1.12 bits per heavy atom. The molecular formula is C24H20ClFN4O2S. The SMILES string of the molecule is Cc1cc(NC(=O)c2ccc(F)cc2Cl)sc1C(=O)NC(c1ccccc1)c1nccn1C. The van der Waals surface area contributed by atoms with Gasteiger partial charge in [0.05, 0.1) is 20.5 Å². The molecule has 4 rings (SSSR count). The number of nitrogens with one attached hydrogen (secondary N) is 2. The number of benzene rings is 2. The van der Waals surface area contributed by atoms with E-state index < -0.39 is 17.8 Å². The van der Waals surface area contributed by atoms with Crippen molar-refractivity contribution >= 4 is 39.8 Å². The molecular weight excluding hydrogens is 463 g/mol. The fraction of sp³-hybridized carbons (Fsp3) is 0.125. The summed E-state index contributed by atoms with van der Waals surface area (Å²) in [6.45, 7) is 1.80. The van der Waals surface area contributed by atoms with E-state index in [1.165, 1.54) is 12.1 Å². The Bertz CT molecular complexity index is 1320. The van der Waals surface area contributed by atoms with E-state index in [-0.39, 0.29) is 16.5 Å². The van der Waals surface area contributed by atoms with Crippen LogP contribution in [-0.4, -0.2) is 21.4 Å². The molecule has 2 aromatic carbocycles. The zero-order valence-corrected chi connectivity index (χ0v) is 19.4. The van der Waals surface area contributed by atoms with Crippen LogP contribution in [0.15, 0.2) is 67.0 Å². The lowest BCUT2D eigenvalue weighted by molar-refractivity contribution is 0.0943. The highest BCUT2D eigenvalue weighted by Gasteiger charge is 2.24. The van der Waals surface area contributed by atoms with Gasteiger partial charge in [0.25, 0.3) is 11.8 Å². The highest BCUT2D eigenvalue weighted by atomic mass is 35.5. The Morgan fingerprint density at radius 2 is 1.88 bits per heavy atom. The van der Waals surface area contributed by atoms with Crippen LogP contribution >= 0.6 is 22.9 Å². The first kappa shape index (κ1) is 22.7. The summed E-state index contributed by atoms with van der Waals surface area (Å²) in [4.78, 5) is 30.6. The number of rotatable bonds is 6. The number of carbonyl (C=O) groups is 2. The molecule has 0 fully saturated rings. The number of hydrogen-bond donors (Lipinski definition) is 2. The van der Waals surface area contributed by atoms with E-state index in [4.69, 9.17) is 11.6 Å². The first-order valence-electron chi connectivity index (χ1n) is 10.0. The summed E-state index contributed by atoms with van der Waals surface area (Å²) in [5, 5.41) is 6.29. The lowest BCUT2D eigenvalue weighted by Crippen LogP contribution is -2.31. The van der Waals surface area contributed by atoms with Crippen molar-refractivity contribution in [2.24, 2.45) is 7.05 Å². The molecule has 4 aromatic rings. The average Bonchev–Trinajstić information content (AvgIpc) is 3.37. The van der Waals surface area contributed by atoms with Crippen LogP contribution < -0.4 is 10.6 Å². The van der Waals surface area contributed by atoms with E-state index in [0.717, 1.165) is 23.0 Å². The number of aryl methyl sites for hydroxylation is 2.